The highest BCUT2D eigenvalue weighted by Crippen LogP contribution is 2.23. The van der Waals surface area contributed by atoms with E-state index < -0.39 is 10.0 Å². The largest absolute Gasteiger partial charge is 0.301 e. The Labute approximate surface area is 139 Å². The molecule has 0 N–H and O–H groups in total. The van der Waals surface area contributed by atoms with Crippen LogP contribution < -0.4 is 0 Å². The predicted molar refractivity (Wildman–Crippen MR) is 90.8 cm³/mol. The van der Waals surface area contributed by atoms with Crippen molar-refractivity contribution in [1.82, 2.24) is 9.21 Å². The monoisotopic (exact) mass is 344 g/mol. The van der Waals surface area contributed by atoms with Gasteiger partial charge in [-0.05, 0) is 49.6 Å². The zero-order valence-electron chi connectivity index (χ0n) is 13.5. The summed E-state index contributed by atoms with van der Waals surface area (Å²) >= 11 is 5.98. The molecule has 22 heavy (non-hydrogen) atoms. The van der Waals surface area contributed by atoms with Gasteiger partial charge >= 0.3 is 0 Å². The summed E-state index contributed by atoms with van der Waals surface area (Å²) in [4.78, 5) is 2.68. The molecule has 0 atom stereocenters. The van der Waals surface area contributed by atoms with Gasteiger partial charge in [0.25, 0.3) is 0 Å². The second-order valence-electron chi connectivity index (χ2n) is 6.34. The molecule has 1 aromatic carbocycles. The number of benzene rings is 1. The number of halogens is 1. The molecule has 0 aromatic heterocycles. The highest BCUT2D eigenvalue weighted by Gasteiger charge is 2.28. The normalized spacial score (nSPS) is 18.0. The van der Waals surface area contributed by atoms with E-state index in [2.05, 4.69) is 18.7 Å². The maximum absolute atomic E-state index is 12.7. The maximum atomic E-state index is 12.7. The molecule has 4 nitrogen and oxygen atoms in total. The van der Waals surface area contributed by atoms with E-state index in [1.165, 1.54) is 0 Å². The molecule has 0 unspecified atom stereocenters. The standard InChI is InChI=1S/C16H25ClN2O2S/c1-13(2)6-7-18-8-10-19(11-9-18)22(20,21)15-4-5-16(17)14(3)12-15/h4-5,12-13H,6-11H2,1-3H3. The highest BCUT2D eigenvalue weighted by molar-refractivity contribution is 7.89. The van der Waals surface area contributed by atoms with Crippen molar-refractivity contribution < 1.29 is 8.42 Å². The molecule has 6 heteroatoms. The van der Waals surface area contributed by atoms with Crippen LogP contribution in [0, 0.1) is 12.8 Å². The van der Waals surface area contributed by atoms with Gasteiger partial charge in [0.15, 0.2) is 0 Å². The van der Waals surface area contributed by atoms with Crippen molar-refractivity contribution in [2.45, 2.75) is 32.1 Å². The van der Waals surface area contributed by atoms with Crippen molar-refractivity contribution in [3.63, 3.8) is 0 Å². The lowest BCUT2D eigenvalue weighted by molar-refractivity contribution is 0.180. The van der Waals surface area contributed by atoms with Crippen molar-refractivity contribution in [3.05, 3.63) is 28.8 Å². The Kier molecular flexibility index (Phi) is 5.88. The van der Waals surface area contributed by atoms with Gasteiger partial charge in [-0.3, -0.25) is 0 Å². The number of sulfonamides is 1. The average Bonchev–Trinajstić information content (AvgIpc) is 2.48. The molecule has 124 valence electrons. The smallest absolute Gasteiger partial charge is 0.243 e. The third-order valence-electron chi connectivity index (χ3n) is 4.12. The lowest BCUT2D eigenvalue weighted by atomic mass is 10.1. The van der Waals surface area contributed by atoms with Crippen molar-refractivity contribution in [2.75, 3.05) is 32.7 Å². The molecule has 0 bridgehead atoms. The maximum Gasteiger partial charge on any atom is 0.243 e. The van der Waals surface area contributed by atoms with E-state index in [0.29, 0.717) is 28.9 Å². The summed E-state index contributed by atoms with van der Waals surface area (Å²) in [6.45, 7) is 10.0. The van der Waals surface area contributed by atoms with E-state index in [1.54, 1.807) is 22.5 Å². The van der Waals surface area contributed by atoms with Crippen molar-refractivity contribution in [3.8, 4) is 0 Å². The Balaban J connectivity index is 2.01. The zero-order chi connectivity index (χ0) is 16.3. The fraction of sp³-hybridized carbons (Fsp3) is 0.625. The van der Waals surface area contributed by atoms with Crippen LogP contribution in [0.1, 0.15) is 25.8 Å². The molecule has 0 amide bonds. The van der Waals surface area contributed by atoms with Crippen LogP contribution in [0.25, 0.3) is 0 Å². The molecule has 1 saturated heterocycles. The Bertz CT molecular complexity index is 609. The van der Waals surface area contributed by atoms with Gasteiger partial charge in [-0.15, -0.1) is 0 Å². The minimum atomic E-state index is -3.41. The van der Waals surface area contributed by atoms with E-state index in [4.69, 9.17) is 11.6 Å². The van der Waals surface area contributed by atoms with Crippen molar-refractivity contribution in [1.29, 1.82) is 0 Å². The van der Waals surface area contributed by atoms with Crippen LogP contribution in [0.3, 0.4) is 0 Å². The summed E-state index contributed by atoms with van der Waals surface area (Å²) in [7, 11) is -3.41. The number of hydrogen-bond acceptors (Lipinski definition) is 3. The summed E-state index contributed by atoms with van der Waals surface area (Å²) in [6.07, 6.45) is 1.16. The van der Waals surface area contributed by atoms with Gasteiger partial charge in [0.1, 0.15) is 0 Å². The van der Waals surface area contributed by atoms with Crippen LogP contribution in [0.15, 0.2) is 23.1 Å². The van der Waals surface area contributed by atoms with Crippen LogP contribution in [0.5, 0.6) is 0 Å². The molecular formula is C16H25ClN2O2S. The lowest BCUT2D eigenvalue weighted by Gasteiger charge is -2.34. The lowest BCUT2D eigenvalue weighted by Crippen LogP contribution is -2.48. The van der Waals surface area contributed by atoms with Crippen LogP contribution in [0.4, 0.5) is 0 Å². The van der Waals surface area contributed by atoms with Gasteiger partial charge in [-0.25, -0.2) is 8.42 Å². The van der Waals surface area contributed by atoms with Gasteiger partial charge in [-0.1, -0.05) is 25.4 Å². The molecule has 1 aliphatic rings. The first kappa shape index (κ1) is 17.7. The molecule has 0 aliphatic carbocycles. The van der Waals surface area contributed by atoms with Gasteiger partial charge in [0, 0.05) is 31.2 Å². The molecule has 1 aromatic rings. The number of rotatable bonds is 5. The average molecular weight is 345 g/mol. The number of hydrogen-bond donors (Lipinski definition) is 0. The molecule has 0 spiro atoms. The number of piperazine rings is 1. The van der Waals surface area contributed by atoms with Crippen LogP contribution in [-0.2, 0) is 10.0 Å². The molecule has 1 fully saturated rings. The van der Waals surface area contributed by atoms with E-state index >= 15 is 0 Å². The molecule has 0 radical (unpaired) electrons. The van der Waals surface area contributed by atoms with E-state index in [-0.39, 0.29) is 0 Å². The molecule has 0 saturated carbocycles. The van der Waals surface area contributed by atoms with Gasteiger partial charge in [0.05, 0.1) is 4.90 Å². The minimum Gasteiger partial charge on any atom is -0.301 e. The minimum absolute atomic E-state index is 0.338. The first-order chi connectivity index (χ1) is 10.3. The SMILES string of the molecule is Cc1cc(S(=O)(=O)N2CCN(CCC(C)C)CC2)ccc1Cl. The van der Waals surface area contributed by atoms with Crippen LogP contribution in [0.2, 0.25) is 5.02 Å². The van der Waals surface area contributed by atoms with E-state index in [1.807, 2.05) is 6.92 Å². The van der Waals surface area contributed by atoms with Gasteiger partial charge in [-0.2, -0.15) is 4.31 Å². The fourth-order valence-corrected chi connectivity index (χ4v) is 4.19. The number of nitrogens with zero attached hydrogens (tertiary/aromatic N) is 2. The van der Waals surface area contributed by atoms with Crippen LogP contribution >= 0.6 is 11.6 Å². The summed E-state index contributed by atoms with van der Waals surface area (Å²) in [5, 5.41) is 0.595. The van der Waals surface area contributed by atoms with Crippen LogP contribution in [-0.4, -0.2) is 50.3 Å². The van der Waals surface area contributed by atoms with Gasteiger partial charge < -0.3 is 4.90 Å². The molecular weight excluding hydrogens is 320 g/mol. The first-order valence-corrected chi connectivity index (χ1v) is 9.61. The second-order valence-corrected chi connectivity index (χ2v) is 8.68. The third-order valence-corrected chi connectivity index (χ3v) is 6.44. The topological polar surface area (TPSA) is 40.6 Å². The third kappa shape index (κ3) is 4.22. The Morgan fingerprint density at radius 2 is 1.82 bits per heavy atom. The Morgan fingerprint density at radius 1 is 1.18 bits per heavy atom. The summed E-state index contributed by atoms with van der Waals surface area (Å²) in [6, 6.07) is 4.90. The molecule has 1 heterocycles. The van der Waals surface area contributed by atoms with Crippen molar-refractivity contribution in [2.24, 2.45) is 5.92 Å². The summed E-state index contributed by atoms with van der Waals surface area (Å²) in [5.41, 5.74) is 0.790. The summed E-state index contributed by atoms with van der Waals surface area (Å²) in [5.74, 6) is 0.679. The number of aryl methyl sites for hydroxylation is 1. The fourth-order valence-electron chi connectivity index (χ4n) is 2.56. The quantitative estimate of drug-likeness (QED) is 0.824. The van der Waals surface area contributed by atoms with Crippen molar-refractivity contribution >= 4 is 21.6 Å². The molecule has 2 rings (SSSR count). The predicted octanol–water partition coefficient (Wildman–Crippen LogP) is 3.00. The van der Waals surface area contributed by atoms with E-state index in [9.17, 15) is 8.42 Å². The van der Waals surface area contributed by atoms with Gasteiger partial charge in [0.2, 0.25) is 10.0 Å². The van der Waals surface area contributed by atoms with E-state index in [0.717, 1.165) is 31.6 Å². The second kappa shape index (κ2) is 7.30. The molecule has 1 aliphatic heterocycles. The Hall–Kier alpha value is -0.620. The first-order valence-electron chi connectivity index (χ1n) is 7.79. The Morgan fingerprint density at radius 3 is 2.36 bits per heavy atom. The highest BCUT2D eigenvalue weighted by atomic mass is 35.5. The zero-order valence-corrected chi connectivity index (χ0v) is 15.1. The summed E-state index contributed by atoms with van der Waals surface area (Å²) < 4.78 is 27.0.